The van der Waals surface area contributed by atoms with E-state index in [0.29, 0.717) is 44.9 Å². The number of nitrogens with one attached hydrogen (secondary N) is 2. The molecule has 3 heterocycles. The third-order valence-electron chi connectivity index (χ3n) is 10.5. The van der Waals surface area contributed by atoms with E-state index < -0.39 is 128 Å². The Morgan fingerprint density at radius 3 is 1.44 bits per heavy atom. The smallest absolute Gasteiger partial charge is 0.342 e. The Kier molecular flexibility index (Phi) is 20.5. The van der Waals surface area contributed by atoms with Gasteiger partial charge in [0.25, 0.3) is 0 Å². The van der Waals surface area contributed by atoms with Crippen LogP contribution in [0.5, 0.6) is 11.5 Å². The first kappa shape index (κ1) is 54.2. The molecule has 3 aliphatic rings. The van der Waals surface area contributed by atoms with E-state index in [1.165, 1.54) is 12.1 Å². The van der Waals surface area contributed by atoms with E-state index in [1.54, 1.807) is 0 Å². The normalized spacial score (nSPS) is 26.6. The molecule has 68 heavy (non-hydrogen) atoms. The van der Waals surface area contributed by atoms with E-state index in [4.69, 9.17) is 52.1 Å². The maximum atomic E-state index is 14.3. The summed E-state index contributed by atoms with van der Waals surface area (Å²) in [5.74, 6) is -7.47. The molecule has 1 aromatic rings. The lowest BCUT2D eigenvalue weighted by atomic mass is 9.95. The number of aryl methyl sites for hydroxylation is 1. The van der Waals surface area contributed by atoms with Crippen LogP contribution in [0.4, 0.5) is 0 Å². The first-order valence-electron chi connectivity index (χ1n) is 22.1. The quantitative estimate of drug-likeness (QED) is 0.198. The van der Waals surface area contributed by atoms with Crippen LogP contribution in [0.2, 0.25) is 0 Å². The van der Waals surface area contributed by atoms with E-state index in [1.807, 2.05) is 0 Å². The van der Waals surface area contributed by atoms with Gasteiger partial charge in [0, 0.05) is 74.3 Å². The zero-order valence-corrected chi connectivity index (χ0v) is 39.3. The minimum atomic E-state index is -1.73. The number of hydrogen-bond donors (Lipinski definition) is 2. The molecule has 0 radical (unpaired) electrons. The number of carbonyl (C=O) groups excluding carboxylic acids is 10. The van der Waals surface area contributed by atoms with Crippen LogP contribution in [-0.4, -0.2) is 140 Å². The summed E-state index contributed by atoms with van der Waals surface area (Å²) in [4.78, 5) is 126. The number of carbonyl (C=O) groups is 10. The molecule has 376 valence electrons. The predicted molar refractivity (Wildman–Crippen MR) is 227 cm³/mol. The standard InChI is InChI=1S/C45H60N2O21/c1-22(48)46-37-41(63-28(7)54)39(61-26(5)52)34(20-59-24(3)50)67-44(37)65-32-18-30-14-10-9-11-15-31(56)16-12-13-17-58-43(57)36(30)33(19-32)66-45-38(47-23(2)49)42(64-29(8)55)40(62-27(6)53)35(68-45)21-60-25(4)51/h18-19,34-35,37-42,44-45H,9-17,20-21H2,1-8H3,(H,46,48)(H,47,49). The van der Waals surface area contributed by atoms with Crippen LogP contribution in [0.1, 0.15) is 116 Å². The molecule has 2 amide bonds. The van der Waals surface area contributed by atoms with Gasteiger partial charge < -0.3 is 62.7 Å². The molecule has 4 rings (SSSR count). The van der Waals surface area contributed by atoms with Gasteiger partial charge in [-0.25, -0.2) is 4.79 Å². The van der Waals surface area contributed by atoms with Gasteiger partial charge in [-0.2, -0.15) is 0 Å². The third kappa shape index (κ3) is 16.5. The second kappa shape index (κ2) is 25.7. The molecule has 0 spiro atoms. The van der Waals surface area contributed by atoms with E-state index in [0.717, 1.165) is 55.4 Å². The van der Waals surface area contributed by atoms with E-state index in [2.05, 4.69) is 10.6 Å². The van der Waals surface area contributed by atoms with E-state index in [-0.39, 0.29) is 41.4 Å². The van der Waals surface area contributed by atoms with Gasteiger partial charge in [-0.1, -0.05) is 6.42 Å². The molecular formula is C45H60N2O21. The van der Waals surface area contributed by atoms with Crippen molar-refractivity contribution in [1.29, 1.82) is 0 Å². The lowest BCUT2D eigenvalue weighted by Crippen LogP contribution is -2.67. The summed E-state index contributed by atoms with van der Waals surface area (Å²) in [7, 11) is 0. The summed E-state index contributed by atoms with van der Waals surface area (Å²) in [6, 6.07) is -0.226. The minimum absolute atomic E-state index is 0.0765. The van der Waals surface area contributed by atoms with Crippen molar-refractivity contribution in [2.75, 3.05) is 19.8 Å². The Morgan fingerprint density at radius 1 is 0.544 bits per heavy atom. The molecule has 2 saturated heterocycles. The predicted octanol–water partition coefficient (Wildman–Crippen LogP) is 1.77. The molecule has 10 atom stereocenters. The molecule has 23 nitrogen and oxygen atoms in total. The number of benzene rings is 1. The van der Waals surface area contributed by atoms with Gasteiger partial charge in [-0.3, -0.25) is 43.2 Å². The highest BCUT2D eigenvalue weighted by atomic mass is 16.7. The van der Waals surface area contributed by atoms with Gasteiger partial charge in [-0.15, -0.1) is 0 Å². The van der Waals surface area contributed by atoms with Crippen molar-refractivity contribution in [1.82, 2.24) is 10.6 Å². The van der Waals surface area contributed by atoms with Gasteiger partial charge in [0.05, 0.1) is 6.61 Å². The zero-order chi connectivity index (χ0) is 50.2. The molecule has 23 heteroatoms. The van der Waals surface area contributed by atoms with Gasteiger partial charge >= 0.3 is 41.8 Å². The van der Waals surface area contributed by atoms with Gasteiger partial charge in [0.2, 0.25) is 24.4 Å². The highest BCUT2D eigenvalue weighted by Gasteiger charge is 2.54. The van der Waals surface area contributed by atoms with Crippen molar-refractivity contribution in [3.05, 3.63) is 23.3 Å². The number of cyclic esters (lactones) is 1. The van der Waals surface area contributed by atoms with Crippen molar-refractivity contribution in [3.8, 4) is 11.5 Å². The Bertz CT molecular complexity index is 2040. The van der Waals surface area contributed by atoms with Crippen LogP contribution >= 0.6 is 0 Å². The largest absolute Gasteiger partial charge is 0.463 e. The lowest BCUT2D eigenvalue weighted by molar-refractivity contribution is -0.258. The minimum Gasteiger partial charge on any atom is -0.463 e. The molecule has 1 aromatic carbocycles. The fraction of sp³-hybridized carbons (Fsp3) is 0.644. The van der Waals surface area contributed by atoms with Crippen molar-refractivity contribution in [2.24, 2.45) is 0 Å². The average Bonchev–Trinajstić information content (AvgIpc) is 3.22. The number of ether oxygens (including phenoxy) is 11. The number of Topliss-reactive ketones (excluding diaryl/α,β-unsaturated/α-hetero) is 1. The van der Waals surface area contributed by atoms with Crippen molar-refractivity contribution < 1.29 is 100 Å². The molecule has 0 saturated carbocycles. The summed E-state index contributed by atoms with van der Waals surface area (Å²) in [6.07, 6.45) is -9.00. The Morgan fingerprint density at radius 2 is 0.985 bits per heavy atom. The second-order valence-corrected chi connectivity index (χ2v) is 16.3. The number of rotatable bonds is 14. The first-order valence-corrected chi connectivity index (χ1v) is 22.1. The third-order valence-corrected chi connectivity index (χ3v) is 10.5. The van der Waals surface area contributed by atoms with Crippen LogP contribution in [-0.2, 0) is 92.2 Å². The number of hydrogen-bond acceptors (Lipinski definition) is 21. The number of fused-ring (bicyclic) bond motifs is 1. The second-order valence-electron chi connectivity index (χ2n) is 16.3. The fourth-order valence-electron chi connectivity index (χ4n) is 7.88. The molecule has 2 N–H and O–H groups in total. The first-order chi connectivity index (χ1) is 32.1. The van der Waals surface area contributed by atoms with Crippen LogP contribution in [0.15, 0.2) is 12.1 Å². The Balaban J connectivity index is 1.96. The van der Waals surface area contributed by atoms with Gasteiger partial charge in [0.15, 0.2) is 24.4 Å². The summed E-state index contributed by atoms with van der Waals surface area (Å²) in [6.45, 7) is 7.63. The van der Waals surface area contributed by atoms with E-state index in [9.17, 15) is 47.9 Å². The highest BCUT2D eigenvalue weighted by molar-refractivity contribution is 5.94. The molecular weight excluding hydrogens is 904 g/mol. The zero-order valence-electron chi connectivity index (χ0n) is 39.3. The lowest BCUT2D eigenvalue weighted by Gasteiger charge is -2.45. The number of ketones is 1. The molecule has 2 fully saturated rings. The highest BCUT2D eigenvalue weighted by Crippen LogP contribution is 2.37. The van der Waals surface area contributed by atoms with Crippen LogP contribution in [0.25, 0.3) is 0 Å². The van der Waals surface area contributed by atoms with Crippen molar-refractivity contribution in [2.45, 2.75) is 168 Å². The molecule has 10 unspecified atom stereocenters. The van der Waals surface area contributed by atoms with Crippen LogP contribution < -0.4 is 20.1 Å². The fourth-order valence-corrected chi connectivity index (χ4v) is 7.88. The molecule has 0 aromatic heterocycles. The Hall–Kier alpha value is -6.36. The topological polar surface area (TPSA) is 296 Å². The van der Waals surface area contributed by atoms with Crippen molar-refractivity contribution >= 4 is 59.4 Å². The summed E-state index contributed by atoms with van der Waals surface area (Å²) < 4.78 is 64.0. The van der Waals surface area contributed by atoms with Gasteiger partial charge in [0.1, 0.15) is 60.4 Å². The molecule has 0 bridgehead atoms. The van der Waals surface area contributed by atoms with Crippen molar-refractivity contribution in [3.63, 3.8) is 0 Å². The molecule has 3 aliphatic heterocycles. The monoisotopic (exact) mass is 964 g/mol. The summed E-state index contributed by atoms with van der Waals surface area (Å²) in [5, 5.41) is 5.24. The SMILES string of the molecule is CC(=O)NC1C(Oc2cc3c(c(OC4OC(COC(C)=O)C(OC(C)=O)C(OC(C)=O)C4NC(C)=O)c2)C(=O)OCCCCC(=O)CCCCC3)OC(COC(C)=O)C(OC(C)=O)C1OC(C)=O. The molecule has 0 aliphatic carbocycles. The maximum Gasteiger partial charge on any atom is 0.342 e. The Labute approximate surface area is 392 Å². The van der Waals surface area contributed by atoms with E-state index >= 15 is 0 Å². The number of esters is 7. The van der Waals surface area contributed by atoms with Crippen LogP contribution in [0.3, 0.4) is 0 Å². The summed E-state index contributed by atoms with van der Waals surface area (Å²) in [5.41, 5.74) is 0.128. The maximum absolute atomic E-state index is 14.3. The van der Waals surface area contributed by atoms with Crippen LogP contribution in [0, 0.1) is 0 Å². The van der Waals surface area contributed by atoms with Gasteiger partial charge in [-0.05, 0) is 43.7 Å². The average molecular weight is 965 g/mol. The number of amides is 2. The summed E-state index contributed by atoms with van der Waals surface area (Å²) >= 11 is 0.